The Balaban J connectivity index is 1.33. The average molecular weight is 435 g/mol. The van der Waals surface area contributed by atoms with Gasteiger partial charge in [0.25, 0.3) is 0 Å². The lowest BCUT2D eigenvalue weighted by molar-refractivity contribution is -0.134. The Labute approximate surface area is 183 Å². The Bertz CT molecular complexity index is 1230. The summed E-state index contributed by atoms with van der Waals surface area (Å²) in [6.45, 7) is 1.51. The minimum absolute atomic E-state index is 0.105. The van der Waals surface area contributed by atoms with Gasteiger partial charge in [-0.25, -0.2) is 8.42 Å². The van der Waals surface area contributed by atoms with Gasteiger partial charge in [0.05, 0.1) is 10.8 Å². The number of piperazine rings is 1. The Morgan fingerprint density at radius 3 is 2.39 bits per heavy atom. The zero-order valence-corrected chi connectivity index (χ0v) is 18.2. The van der Waals surface area contributed by atoms with Crippen LogP contribution in [0.3, 0.4) is 0 Å². The molecule has 0 N–H and O–H groups in total. The maximum absolute atomic E-state index is 13.4. The number of rotatable bonds is 3. The molecule has 0 bridgehead atoms. The van der Waals surface area contributed by atoms with Crippen LogP contribution in [0.25, 0.3) is 10.8 Å². The molecule has 0 aromatic heterocycles. The van der Waals surface area contributed by atoms with Gasteiger partial charge in [0, 0.05) is 31.6 Å². The Morgan fingerprint density at radius 2 is 1.55 bits per heavy atom. The first-order valence-electron chi connectivity index (χ1n) is 10.9. The molecule has 1 fully saturated rings. The first-order chi connectivity index (χ1) is 15.1. The molecular weight excluding hydrogens is 408 g/mol. The summed E-state index contributed by atoms with van der Waals surface area (Å²) in [5.74, 6) is 0.0283. The molecule has 0 saturated carbocycles. The summed E-state index contributed by atoms with van der Waals surface area (Å²) >= 11 is 0. The van der Waals surface area contributed by atoms with E-state index >= 15 is 0 Å². The van der Waals surface area contributed by atoms with Gasteiger partial charge in [-0.2, -0.15) is 4.31 Å². The van der Waals surface area contributed by atoms with Gasteiger partial charge < -0.3 is 4.90 Å². The summed E-state index contributed by atoms with van der Waals surface area (Å²) in [5.41, 5.74) is 2.41. The van der Waals surface area contributed by atoms with Gasteiger partial charge in [0.2, 0.25) is 15.9 Å². The normalized spacial score (nSPS) is 19.9. The number of hydrogen-bond donors (Lipinski definition) is 0. The molecule has 6 heteroatoms. The number of amides is 1. The van der Waals surface area contributed by atoms with Crippen LogP contribution in [0.5, 0.6) is 0 Å². The van der Waals surface area contributed by atoms with Crippen molar-refractivity contribution in [3.63, 3.8) is 0 Å². The molecule has 1 aliphatic carbocycles. The number of carbonyl (C=O) groups excluding carboxylic acids is 1. The number of benzene rings is 3. The van der Waals surface area contributed by atoms with Crippen LogP contribution in [0.2, 0.25) is 0 Å². The number of nitrogens with zero attached hydrogens (tertiary/aromatic N) is 2. The standard InChI is InChI=1S/C25H26N2O3S/c28-25(23-13-5-9-19-7-1-3-11-21(19)23)26-15-17-27(18-16-26)31(29,30)24-14-6-10-20-8-2-4-12-22(20)24/h1-4,6-8,10-12,14,23H,5,9,13,15-18H2. The van der Waals surface area contributed by atoms with E-state index in [2.05, 4.69) is 12.1 Å². The zero-order chi connectivity index (χ0) is 21.4. The van der Waals surface area contributed by atoms with Crippen LogP contribution in [-0.2, 0) is 21.2 Å². The molecule has 5 rings (SSSR count). The second-order valence-corrected chi connectivity index (χ2v) is 10.3. The fraction of sp³-hybridized carbons (Fsp3) is 0.320. The number of sulfonamides is 1. The molecule has 3 aromatic rings. The number of carbonyl (C=O) groups is 1. The van der Waals surface area contributed by atoms with E-state index < -0.39 is 10.0 Å². The fourth-order valence-corrected chi connectivity index (χ4v) is 6.58. The molecule has 1 saturated heterocycles. The van der Waals surface area contributed by atoms with E-state index in [0.29, 0.717) is 31.1 Å². The van der Waals surface area contributed by atoms with Crippen molar-refractivity contribution in [2.75, 3.05) is 26.2 Å². The summed E-state index contributed by atoms with van der Waals surface area (Å²) in [5, 5.41) is 1.65. The summed E-state index contributed by atoms with van der Waals surface area (Å²) in [4.78, 5) is 15.5. The highest BCUT2D eigenvalue weighted by Crippen LogP contribution is 2.33. The van der Waals surface area contributed by atoms with Crippen LogP contribution < -0.4 is 0 Å². The zero-order valence-electron chi connectivity index (χ0n) is 17.4. The maximum atomic E-state index is 13.4. The topological polar surface area (TPSA) is 57.7 Å². The SMILES string of the molecule is O=C(C1CCCc2ccccc21)N1CCN(S(=O)(=O)c2cccc3ccccc23)CC1. The van der Waals surface area contributed by atoms with Gasteiger partial charge in [-0.15, -0.1) is 0 Å². The van der Waals surface area contributed by atoms with E-state index in [0.717, 1.165) is 35.6 Å². The third-order valence-corrected chi connectivity index (χ3v) is 8.54. The van der Waals surface area contributed by atoms with Crippen molar-refractivity contribution in [3.8, 4) is 0 Å². The van der Waals surface area contributed by atoms with Gasteiger partial charge in [-0.1, -0.05) is 60.7 Å². The van der Waals surface area contributed by atoms with Crippen molar-refractivity contribution in [1.29, 1.82) is 0 Å². The molecule has 1 amide bonds. The van der Waals surface area contributed by atoms with E-state index in [1.807, 2.05) is 47.4 Å². The lowest BCUT2D eigenvalue weighted by Gasteiger charge is -2.37. The molecule has 160 valence electrons. The summed E-state index contributed by atoms with van der Waals surface area (Å²) in [6, 6.07) is 21.1. The first-order valence-corrected chi connectivity index (χ1v) is 12.3. The smallest absolute Gasteiger partial charge is 0.243 e. The molecule has 0 radical (unpaired) electrons. The van der Waals surface area contributed by atoms with Crippen molar-refractivity contribution in [2.24, 2.45) is 0 Å². The summed E-state index contributed by atoms with van der Waals surface area (Å²) in [6.07, 6.45) is 2.91. The summed E-state index contributed by atoms with van der Waals surface area (Å²) in [7, 11) is -3.62. The highest BCUT2D eigenvalue weighted by Gasteiger charge is 2.35. The quantitative estimate of drug-likeness (QED) is 0.630. The molecule has 0 spiro atoms. The Morgan fingerprint density at radius 1 is 0.839 bits per heavy atom. The maximum Gasteiger partial charge on any atom is 0.243 e. The van der Waals surface area contributed by atoms with E-state index in [9.17, 15) is 13.2 Å². The van der Waals surface area contributed by atoms with Crippen LogP contribution >= 0.6 is 0 Å². The molecule has 1 aliphatic heterocycles. The number of aryl methyl sites for hydroxylation is 1. The first kappa shape index (κ1) is 20.2. The fourth-order valence-electron chi connectivity index (χ4n) is 4.94. The minimum atomic E-state index is -3.62. The highest BCUT2D eigenvalue weighted by atomic mass is 32.2. The van der Waals surface area contributed by atoms with Crippen LogP contribution in [0.15, 0.2) is 71.6 Å². The van der Waals surface area contributed by atoms with Crippen molar-refractivity contribution in [2.45, 2.75) is 30.1 Å². The Hall–Kier alpha value is -2.70. The van der Waals surface area contributed by atoms with Gasteiger partial charge in [0.15, 0.2) is 0 Å². The second kappa shape index (κ2) is 8.09. The molecule has 31 heavy (non-hydrogen) atoms. The predicted molar refractivity (Wildman–Crippen MR) is 121 cm³/mol. The molecule has 3 aromatic carbocycles. The molecule has 1 unspecified atom stereocenters. The largest absolute Gasteiger partial charge is 0.340 e. The lowest BCUT2D eigenvalue weighted by atomic mass is 9.82. The second-order valence-electron chi connectivity index (χ2n) is 8.35. The van der Waals surface area contributed by atoms with Gasteiger partial charge in [0.1, 0.15) is 0 Å². The van der Waals surface area contributed by atoms with Crippen molar-refractivity contribution in [3.05, 3.63) is 77.9 Å². The van der Waals surface area contributed by atoms with Gasteiger partial charge in [-0.3, -0.25) is 4.79 Å². The average Bonchev–Trinajstić information content (AvgIpc) is 2.83. The van der Waals surface area contributed by atoms with Gasteiger partial charge in [-0.05, 0) is 41.8 Å². The van der Waals surface area contributed by atoms with Crippen molar-refractivity contribution < 1.29 is 13.2 Å². The van der Waals surface area contributed by atoms with E-state index in [1.54, 1.807) is 12.1 Å². The van der Waals surface area contributed by atoms with Crippen LogP contribution in [-0.4, -0.2) is 49.7 Å². The molecule has 1 atom stereocenters. The van der Waals surface area contributed by atoms with E-state index in [1.165, 1.54) is 9.87 Å². The molecular formula is C25H26N2O3S. The van der Waals surface area contributed by atoms with E-state index in [4.69, 9.17) is 0 Å². The molecule has 1 heterocycles. The third-order valence-electron chi connectivity index (χ3n) is 6.59. The lowest BCUT2D eigenvalue weighted by Crippen LogP contribution is -2.51. The van der Waals surface area contributed by atoms with Crippen LogP contribution in [0.4, 0.5) is 0 Å². The number of hydrogen-bond acceptors (Lipinski definition) is 3. The van der Waals surface area contributed by atoms with Gasteiger partial charge >= 0.3 is 0 Å². The highest BCUT2D eigenvalue weighted by molar-refractivity contribution is 7.89. The minimum Gasteiger partial charge on any atom is -0.340 e. The van der Waals surface area contributed by atoms with Crippen molar-refractivity contribution in [1.82, 2.24) is 9.21 Å². The number of fused-ring (bicyclic) bond motifs is 2. The van der Waals surface area contributed by atoms with Crippen LogP contribution in [0.1, 0.15) is 29.9 Å². The molecule has 5 nitrogen and oxygen atoms in total. The monoisotopic (exact) mass is 434 g/mol. The molecule has 2 aliphatic rings. The van der Waals surface area contributed by atoms with Crippen LogP contribution in [0, 0.1) is 0 Å². The predicted octanol–water partition coefficient (Wildman–Crippen LogP) is 3.79. The third kappa shape index (κ3) is 3.64. The van der Waals surface area contributed by atoms with E-state index in [-0.39, 0.29) is 11.8 Å². The van der Waals surface area contributed by atoms with Crippen molar-refractivity contribution >= 4 is 26.7 Å². The Kier molecular flexibility index (Phi) is 5.28. The summed E-state index contributed by atoms with van der Waals surface area (Å²) < 4.78 is 28.3.